The molecule has 0 saturated heterocycles. The van der Waals surface area contributed by atoms with Crippen molar-refractivity contribution in [1.82, 2.24) is 0 Å². The van der Waals surface area contributed by atoms with Crippen molar-refractivity contribution < 1.29 is 4.43 Å². The van der Waals surface area contributed by atoms with Gasteiger partial charge in [0.2, 0.25) is 0 Å². The Hall–Kier alpha value is -0.603. The summed E-state index contributed by atoms with van der Waals surface area (Å²) in [6.45, 7) is 0.971. The molecule has 3 rings (SSSR count). The van der Waals surface area contributed by atoms with Gasteiger partial charge in [-0.1, -0.05) is 68.9 Å². The Bertz CT molecular complexity index is 414. The van der Waals surface area contributed by atoms with Crippen LogP contribution in [-0.4, -0.2) is 17.1 Å². The highest BCUT2D eigenvalue weighted by atomic mass is 28.2. The summed E-state index contributed by atoms with van der Waals surface area (Å²) in [5.41, 5.74) is 1.87. The normalized spacial score (nSPS) is 22.0. The Labute approximate surface area is 139 Å². The first-order valence-corrected chi connectivity index (χ1v) is 10.2. The molecule has 0 amide bonds. The SMILES string of the molecule is [SiH3]OCC(c1ccccc1)(C1CCCCC1)C1CCCCC1. The molecule has 2 saturated carbocycles. The molecule has 0 N–H and O–H groups in total. The Morgan fingerprint density at radius 3 is 1.77 bits per heavy atom. The van der Waals surface area contributed by atoms with Crippen LogP contribution in [0.25, 0.3) is 0 Å². The lowest BCUT2D eigenvalue weighted by Gasteiger charge is -2.49. The fourth-order valence-electron chi connectivity index (χ4n) is 5.35. The number of benzene rings is 1. The lowest BCUT2D eigenvalue weighted by Crippen LogP contribution is -2.47. The molecular weight excluding hydrogens is 284 g/mol. The van der Waals surface area contributed by atoms with Crippen molar-refractivity contribution in [2.45, 2.75) is 69.6 Å². The van der Waals surface area contributed by atoms with Gasteiger partial charge in [0.1, 0.15) is 10.5 Å². The predicted octanol–water partition coefficient (Wildman–Crippen LogP) is 4.38. The average Bonchev–Trinajstić information content (AvgIpc) is 2.62. The van der Waals surface area contributed by atoms with Crippen LogP contribution >= 0.6 is 0 Å². The molecule has 1 nitrogen and oxygen atoms in total. The van der Waals surface area contributed by atoms with Crippen LogP contribution in [0.15, 0.2) is 30.3 Å². The Balaban J connectivity index is 2.00. The second-order valence-electron chi connectivity index (χ2n) is 7.51. The zero-order chi connectivity index (χ0) is 15.3. The summed E-state index contributed by atoms with van der Waals surface area (Å²) in [6.07, 6.45) is 14.2. The first kappa shape index (κ1) is 16.3. The molecule has 0 radical (unpaired) electrons. The molecule has 0 unspecified atom stereocenters. The topological polar surface area (TPSA) is 9.23 Å². The highest BCUT2D eigenvalue weighted by Gasteiger charge is 2.46. The van der Waals surface area contributed by atoms with Crippen molar-refractivity contribution in [3.8, 4) is 0 Å². The van der Waals surface area contributed by atoms with E-state index in [2.05, 4.69) is 30.3 Å². The fourth-order valence-corrected chi connectivity index (χ4v) is 5.82. The quantitative estimate of drug-likeness (QED) is 0.732. The van der Waals surface area contributed by atoms with Crippen LogP contribution in [0.5, 0.6) is 0 Å². The van der Waals surface area contributed by atoms with Crippen LogP contribution in [0.4, 0.5) is 0 Å². The molecular formula is C20H32OSi. The van der Waals surface area contributed by atoms with Crippen molar-refractivity contribution >= 4 is 10.5 Å². The third-order valence-electron chi connectivity index (χ3n) is 6.36. The van der Waals surface area contributed by atoms with E-state index in [-0.39, 0.29) is 0 Å². The Morgan fingerprint density at radius 2 is 1.32 bits per heavy atom. The van der Waals surface area contributed by atoms with E-state index in [1.54, 1.807) is 5.56 Å². The largest absolute Gasteiger partial charge is 0.427 e. The number of hydrogen-bond acceptors (Lipinski definition) is 1. The summed E-state index contributed by atoms with van der Waals surface area (Å²) in [5, 5.41) is 0. The van der Waals surface area contributed by atoms with Gasteiger partial charge in [-0.15, -0.1) is 0 Å². The molecule has 0 spiro atoms. The molecule has 0 atom stereocenters. The summed E-state index contributed by atoms with van der Waals surface area (Å²) in [5.74, 6) is 1.67. The second-order valence-corrected chi connectivity index (χ2v) is 8.09. The first-order valence-electron chi connectivity index (χ1n) is 9.42. The van der Waals surface area contributed by atoms with Crippen LogP contribution in [0, 0.1) is 11.8 Å². The average molecular weight is 317 g/mol. The summed E-state index contributed by atoms with van der Waals surface area (Å²) < 4.78 is 6.01. The molecule has 1 aromatic carbocycles. The summed E-state index contributed by atoms with van der Waals surface area (Å²) in [4.78, 5) is 0. The van der Waals surface area contributed by atoms with E-state index in [1.807, 2.05) is 0 Å². The Morgan fingerprint density at radius 1 is 0.818 bits per heavy atom. The van der Waals surface area contributed by atoms with Crippen LogP contribution in [-0.2, 0) is 9.84 Å². The third kappa shape index (κ3) is 3.19. The van der Waals surface area contributed by atoms with Gasteiger partial charge in [-0.3, -0.25) is 0 Å². The van der Waals surface area contributed by atoms with Gasteiger partial charge in [-0.25, -0.2) is 0 Å². The maximum atomic E-state index is 6.01. The number of rotatable bonds is 5. The highest BCUT2D eigenvalue weighted by Crippen LogP contribution is 2.50. The molecule has 0 aliphatic heterocycles. The van der Waals surface area contributed by atoms with Crippen molar-refractivity contribution in [2.75, 3.05) is 6.61 Å². The van der Waals surface area contributed by atoms with Gasteiger partial charge in [-0.05, 0) is 43.1 Å². The van der Waals surface area contributed by atoms with E-state index in [9.17, 15) is 0 Å². The Kier molecular flexibility index (Phi) is 5.75. The molecule has 1 aromatic rings. The molecule has 2 fully saturated rings. The van der Waals surface area contributed by atoms with Gasteiger partial charge in [0.05, 0.1) is 0 Å². The first-order chi connectivity index (χ1) is 10.9. The summed E-state index contributed by atoms with van der Waals surface area (Å²) in [7, 11) is 0.862. The van der Waals surface area contributed by atoms with E-state index in [4.69, 9.17) is 4.43 Å². The molecule has 122 valence electrons. The van der Waals surface area contributed by atoms with Crippen LogP contribution in [0.1, 0.15) is 69.8 Å². The van der Waals surface area contributed by atoms with Crippen molar-refractivity contribution in [1.29, 1.82) is 0 Å². The molecule has 0 bridgehead atoms. The highest BCUT2D eigenvalue weighted by molar-refractivity contribution is 5.98. The zero-order valence-corrected chi connectivity index (χ0v) is 16.2. The van der Waals surface area contributed by atoms with Gasteiger partial charge >= 0.3 is 0 Å². The maximum absolute atomic E-state index is 6.01. The molecule has 0 heterocycles. The van der Waals surface area contributed by atoms with Crippen molar-refractivity contribution in [2.24, 2.45) is 11.8 Å². The summed E-state index contributed by atoms with van der Waals surface area (Å²) in [6, 6.07) is 11.4. The fraction of sp³-hybridized carbons (Fsp3) is 0.700. The van der Waals surface area contributed by atoms with Crippen molar-refractivity contribution in [3.05, 3.63) is 35.9 Å². The lowest BCUT2D eigenvalue weighted by atomic mass is 9.56. The smallest absolute Gasteiger partial charge is 0.146 e. The van der Waals surface area contributed by atoms with Crippen LogP contribution in [0.3, 0.4) is 0 Å². The lowest BCUT2D eigenvalue weighted by molar-refractivity contribution is 0.0524. The molecule has 2 aliphatic carbocycles. The van der Waals surface area contributed by atoms with Crippen LogP contribution in [0.2, 0.25) is 0 Å². The van der Waals surface area contributed by atoms with Crippen LogP contribution < -0.4 is 0 Å². The van der Waals surface area contributed by atoms with E-state index in [0.717, 1.165) is 28.9 Å². The minimum atomic E-state index is 0.295. The van der Waals surface area contributed by atoms with E-state index in [0.29, 0.717) is 5.41 Å². The second kappa shape index (κ2) is 7.78. The monoisotopic (exact) mass is 316 g/mol. The van der Waals surface area contributed by atoms with Gasteiger partial charge in [0.15, 0.2) is 0 Å². The molecule has 2 heteroatoms. The van der Waals surface area contributed by atoms with Gasteiger partial charge in [0.25, 0.3) is 0 Å². The van der Waals surface area contributed by atoms with E-state index < -0.39 is 0 Å². The molecule has 0 aromatic heterocycles. The van der Waals surface area contributed by atoms with Gasteiger partial charge < -0.3 is 4.43 Å². The minimum Gasteiger partial charge on any atom is -0.427 e. The maximum Gasteiger partial charge on any atom is 0.146 e. The zero-order valence-electron chi connectivity index (χ0n) is 14.2. The molecule has 2 aliphatic rings. The minimum absolute atomic E-state index is 0.295. The van der Waals surface area contributed by atoms with E-state index in [1.165, 1.54) is 64.2 Å². The summed E-state index contributed by atoms with van der Waals surface area (Å²) >= 11 is 0. The standard InChI is InChI=1S/C20H32OSi/c22-21-16-20(17-10-4-1-5-11-17,18-12-6-2-7-13-18)19-14-8-3-9-15-19/h1,4-5,10-11,18-19H,2-3,6-9,12-16H2,22H3. The third-order valence-corrected chi connectivity index (χ3v) is 6.65. The molecule has 22 heavy (non-hydrogen) atoms. The van der Waals surface area contributed by atoms with Crippen molar-refractivity contribution in [3.63, 3.8) is 0 Å². The van der Waals surface area contributed by atoms with E-state index >= 15 is 0 Å². The van der Waals surface area contributed by atoms with Gasteiger partial charge in [-0.2, -0.15) is 0 Å². The number of hydrogen-bond donors (Lipinski definition) is 0. The van der Waals surface area contributed by atoms with Gasteiger partial charge in [0, 0.05) is 12.0 Å². The predicted molar refractivity (Wildman–Crippen MR) is 97.2 cm³/mol.